The van der Waals surface area contributed by atoms with E-state index < -0.39 is 5.97 Å². The number of carboxylic acids is 1. The van der Waals surface area contributed by atoms with Crippen LogP contribution in [0.5, 0.6) is 5.88 Å². The highest BCUT2D eigenvalue weighted by Crippen LogP contribution is 2.32. The van der Waals surface area contributed by atoms with Crippen molar-refractivity contribution >= 4 is 11.5 Å². The summed E-state index contributed by atoms with van der Waals surface area (Å²) in [4.78, 5) is 11.4. The molecule has 4 rings (SSSR count). The fourth-order valence-corrected chi connectivity index (χ4v) is 3.65. The van der Waals surface area contributed by atoms with Crippen LogP contribution in [0.3, 0.4) is 0 Å². The first-order valence-electron chi connectivity index (χ1n) is 9.22. The van der Waals surface area contributed by atoms with Crippen LogP contribution in [0, 0.1) is 13.8 Å². The van der Waals surface area contributed by atoms with Gasteiger partial charge in [0.2, 0.25) is 5.88 Å². The molecule has 0 aliphatic carbocycles. The molecule has 0 aromatic carbocycles. The number of aromatic carboxylic acids is 1. The fraction of sp³-hybridized carbons (Fsp3) is 0.300. The Labute approximate surface area is 167 Å². The molecular formula is C20H22N6O3. The first-order valence-corrected chi connectivity index (χ1v) is 9.22. The summed E-state index contributed by atoms with van der Waals surface area (Å²) in [6.45, 7) is 8.25. The van der Waals surface area contributed by atoms with Gasteiger partial charge in [0.25, 0.3) is 0 Å². The predicted molar refractivity (Wildman–Crippen MR) is 107 cm³/mol. The average molecular weight is 394 g/mol. The summed E-state index contributed by atoms with van der Waals surface area (Å²) in [5.74, 6) is -1.03. The quantitative estimate of drug-likeness (QED) is 0.558. The van der Waals surface area contributed by atoms with E-state index >= 15 is 0 Å². The van der Waals surface area contributed by atoms with Crippen molar-refractivity contribution in [3.05, 3.63) is 47.7 Å². The second-order valence-corrected chi connectivity index (χ2v) is 7.16. The smallest absolute Gasteiger partial charge is 0.342 e. The molecule has 0 unspecified atom stereocenters. The number of hydrogen-bond acceptors (Lipinski definition) is 5. The number of nitrogens with zero attached hydrogens (tertiary/aromatic N) is 6. The minimum Gasteiger partial charge on any atom is -0.479 e. The van der Waals surface area contributed by atoms with Crippen LogP contribution in [0.15, 0.2) is 30.7 Å². The lowest BCUT2D eigenvalue weighted by molar-refractivity contribution is 0.0693. The molecule has 0 atom stereocenters. The molecule has 0 amide bonds. The van der Waals surface area contributed by atoms with Crippen molar-refractivity contribution in [1.82, 2.24) is 29.2 Å². The van der Waals surface area contributed by atoms with Crippen molar-refractivity contribution in [3.8, 4) is 22.7 Å². The number of methoxy groups -OCH3 is 1. The van der Waals surface area contributed by atoms with Crippen molar-refractivity contribution in [1.29, 1.82) is 0 Å². The topological polar surface area (TPSA) is 99.5 Å². The Hall–Kier alpha value is -3.62. The lowest BCUT2D eigenvalue weighted by Gasteiger charge is -2.08. The van der Waals surface area contributed by atoms with Gasteiger partial charge in [0.05, 0.1) is 30.2 Å². The lowest BCUT2D eigenvalue weighted by atomic mass is 10.1. The SMILES string of the molecule is COc1nn(-c2ccn3ncc(-c4c(C)nn(C(C)C)c4C)c3c2)cc1C(=O)O. The van der Waals surface area contributed by atoms with Gasteiger partial charge in [-0.3, -0.25) is 4.68 Å². The molecule has 0 bridgehead atoms. The van der Waals surface area contributed by atoms with Gasteiger partial charge < -0.3 is 9.84 Å². The number of aromatic nitrogens is 6. The highest BCUT2D eigenvalue weighted by atomic mass is 16.5. The number of hydrogen-bond donors (Lipinski definition) is 1. The molecule has 150 valence electrons. The fourth-order valence-electron chi connectivity index (χ4n) is 3.65. The number of carboxylic acid groups (broad SMARTS) is 1. The average Bonchev–Trinajstić information content (AvgIpc) is 3.36. The third kappa shape index (κ3) is 2.95. The molecule has 0 saturated heterocycles. The van der Waals surface area contributed by atoms with Crippen LogP contribution in [0.1, 0.15) is 41.6 Å². The molecule has 9 nitrogen and oxygen atoms in total. The molecule has 0 radical (unpaired) electrons. The van der Waals surface area contributed by atoms with E-state index in [9.17, 15) is 9.90 Å². The minimum absolute atomic E-state index is 0.00556. The Balaban J connectivity index is 1.88. The Morgan fingerprint density at radius 1 is 1.24 bits per heavy atom. The van der Waals surface area contributed by atoms with Gasteiger partial charge in [-0.2, -0.15) is 10.2 Å². The largest absolute Gasteiger partial charge is 0.479 e. The number of rotatable bonds is 5. The van der Waals surface area contributed by atoms with Gasteiger partial charge in [0, 0.05) is 35.3 Å². The molecule has 1 N–H and O–H groups in total. The highest BCUT2D eigenvalue weighted by molar-refractivity contribution is 5.90. The summed E-state index contributed by atoms with van der Waals surface area (Å²) >= 11 is 0. The van der Waals surface area contributed by atoms with E-state index in [0.29, 0.717) is 5.69 Å². The molecule has 4 aromatic rings. The molecule has 29 heavy (non-hydrogen) atoms. The minimum atomic E-state index is -1.09. The van der Waals surface area contributed by atoms with E-state index in [1.165, 1.54) is 18.0 Å². The van der Waals surface area contributed by atoms with Crippen LogP contribution in [0.4, 0.5) is 0 Å². The van der Waals surface area contributed by atoms with Crippen molar-refractivity contribution in [2.24, 2.45) is 0 Å². The van der Waals surface area contributed by atoms with Gasteiger partial charge in [-0.1, -0.05) is 0 Å². The Bertz CT molecular complexity index is 1230. The standard InChI is InChI=1S/C20H22N6O3/c1-11(2)26-13(4)18(12(3)22-26)15-9-21-24-7-6-14(8-17(15)24)25-10-16(20(27)28)19(23-25)29-5/h6-11H,1-5H3,(H,27,28). The zero-order valence-electron chi connectivity index (χ0n) is 16.9. The second kappa shape index (κ2) is 6.77. The molecule has 0 aliphatic rings. The van der Waals surface area contributed by atoms with E-state index in [-0.39, 0.29) is 17.5 Å². The monoisotopic (exact) mass is 394 g/mol. The Morgan fingerprint density at radius 2 is 2.00 bits per heavy atom. The van der Waals surface area contributed by atoms with Gasteiger partial charge in [-0.15, -0.1) is 5.10 Å². The van der Waals surface area contributed by atoms with E-state index in [0.717, 1.165) is 28.0 Å². The maximum Gasteiger partial charge on any atom is 0.342 e. The number of aryl methyl sites for hydroxylation is 1. The zero-order valence-corrected chi connectivity index (χ0v) is 16.9. The van der Waals surface area contributed by atoms with Crippen LogP contribution in [0.2, 0.25) is 0 Å². The Morgan fingerprint density at radius 3 is 2.59 bits per heavy atom. The molecule has 4 aromatic heterocycles. The summed E-state index contributed by atoms with van der Waals surface area (Å²) in [5.41, 5.74) is 5.62. The van der Waals surface area contributed by atoms with Crippen LogP contribution in [-0.2, 0) is 0 Å². The number of fused-ring (bicyclic) bond motifs is 1. The normalized spacial score (nSPS) is 11.5. The molecule has 9 heteroatoms. The van der Waals surface area contributed by atoms with Crippen molar-refractivity contribution in [2.75, 3.05) is 7.11 Å². The van der Waals surface area contributed by atoms with Crippen LogP contribution in [0.25, 0.3) is 22.3 Å². The van der Waals surface area contributed by atoms with Crippen molar-refractivity contribution in [2.45, 2.75) is 33.7 Å². The summed E-state index contributed by atoms with van der Waals surface area (Å²) in [6.07, 6.45) is 5.09. The van der Waals surface area contributed by atoms with Gasteiger partial charge in [0.1, 0.15) is 5.56 Å². The number of pyridine rings is 1. The van der Waals surface area contributed by atoms with Gasteiger partial charge in [-0.25, -0.2) is 14.0 Å². The number of carbonyl (C=O) groups is 1. The van der Waals surface area contributed by atoms with Gasteiger partial charge >= 0.3 is 5.97 Å². The summed E-state index contributed by atoms with van der Waals surface area (Å²) in [5, 5.41) is 22.7. The maximum atomic E-state index is 11.4. The first-order chi connectivity index (χ1) is 13.8. The van der Waals surface area contributed by atoms with Gasteiger partial charge in [-0.05, 0) is 39.8 Å². The van der Waals surface area contributed by atoms with Crippen LogP contribution in [-0.4, -0.2) is 47.4 Å². The van der Waals surface area contributed by atoms with Crippen molar-refractivity contribution < 1.29 is 14.6 Å². The van der Waals surface area contributed by atoms with Gasteiger partial charge in [0.15, 0.2) is 0 Å². The molecule has 0 spiro atoms. The van der Waals surface area contributed by atoms with E-state index in [1.54, 1.807) is 4.52 Å². The van der Waals surface area contributed by atoms with Crippen LogP contribution < -0.4 is 4.74 Å². The summed E-state index contributed by atoms with van der Waals surface area (Å²) in [7, 11) is 1.40. The predicted octanol–water partition coefficient (Wildman–Crippen LogP) is 3.29. The first kappa shape index (κ1) is 18.7. The molecule has 0 fully saturated rings. The second-order valence-electron chi connectivity index (χ2n) is 7.16. The molecular weight excluding hydrogens is 372 g/mol. The Kier molecular flexibility index (Phi) is 4.37. The lowest BCUT2D eigenvalue weighted by Crippen LogP contribution is -2.04. The highest BCUT2D eigenvalue weighted by Gasteiger charge is 2.20. The van der Waals surface area contributed by atoms with Crippen LogP contribution >= 0.6 is 0 Å². The summed E-state index contributed by atoms with van der Waals surface area (Å²) in [6, 6.07) is 4.00. The number of ether oxygens (including phenoxy) is 1. The zero-order chi connectivity index (χ0) is 20.9. The van der Waals surface area contributed by atoms with E-state index in [1.807, 2.05) is 36.1 Å². The van der Waals surface area contributed by atoms with Crippen molar-refractivity contribution in [3.63, 3.8) is 0 Å². The molecule has 4 heterocycles. The maximum absolute atomic E-state index is 11.4. The molecule has 0 saturated carbocycles. The summed E-state index contributed by atoms with van der Waals surface area (Å²) < 4.78 is 10.4. The molecule has 0 aliphatic heterocycles. The van der Waals surface area contributed by atoms with E-state index in [4.69, 9.17) is 4.74 Å². The van der Waals surface area contributed by atoms with E-state index in [2.05, 4.69) is 36.1 Å². The third-order valence-corrected chi connectivity index (χ3v) is 4.96. The third-order valence-electron chi connectivity index (χ3n) is 4.96.